The van der Waals surface area contributed by atoms with E-state index in [9.17, 15) is 13.6 Å². The topological polar surface area (TPSA) is 127 Å². The van der Waals surface area contributed by atoms with Crippen molar-refractivity contribution in [2.75, 3.05) is 25.5 Å². The smallest absolute Gasteiger partial charge is 0.258 e. The number of halogens is 2. The molecule has 188 valence electrons. The number of methoxy groups -OCH3 is 1. The van der Waals surface area contributed by atoms with E-state index in [4.69, 9.17) is 4.74 Å². The normalized spacial score (nSPS) is 21.6. The van der Waals surface area contributed by atoms with Crippen molar-refractivity contribution in [2.24, 2.45) is 11.8 Å². The zero-order chi connectivity index (χ0) is 25.0. The summed E-state index contributed by atoms with van der Waals surface area (Å²) in [5.41, 5.74) is 2.49. The van der Waals surface area contributed by atoms with E-state index in [1.54, 1.807) is 25.3 Å². The first-order valence-electron chi connectivity index (χ1n) is 11.8. The predicted molar refractivity (Wildman–Crippen MR) is 127 cm³/mol. The number of alkyl halides is 2. The third-order valence-electron chi connectivity index (χ3n) is 7.17. The molecule has 1 aliphatic heterocycles. The van der Waals surface area contributed by atoms with Gasteiger partial charge in [-0.05, 0) is 36.8 Å². The van der Waals surface area contributed by atoms with E-state index in [1.807, 2.05) is 4.90 Å². The van der Waals surface area contributed by atoms with Crippen LogP contribution in [0.4, 0.5) is 14.7 Å². The highest BCUT2D eigenvalue weighted by molar-refractivity contribution is 5.97. The number of ether oxygens (including phenoxy) is 1. The number of nitrogens with one attached hydrogen (secondary N) is 2. The maximum atomic E-state index is 12.9. The average Bonchev–Trinajstić information content (AvgIpc) is 3.60. The van der Waals surface area contributed by atoms with Gasteiger partial charge in [0, 0.05) is 37.8 Å². The Morgan fingerprint density at radius 3 is 2.69 bits per heavy atom. The number of fused-ring (bicyclic) bond motifs is 3. The van der Waals surface area contributed by atoms with Crippen LogP contribution < -0.4 is 10.1 Å². The van der Waals surface area contributed by atoms with Gasteiger partial charge >= 0.3 is 0 Å². The number of aromatic nitrogens is 7. The van der Waals surface area contributed by atoms with Gasteiger partial charge < -0.3 is 19.9 Å². The molecule has 4 aromatic rings. The highest BCUT2D eigenvalue weighted by Gasteiger charge is 2.41. The van der Waals surface area contributed by atoms with E-state index in [0.29, 0.717) is 51.5 Å². The zero-order valence-electron chi connectivity index (χ0n) is 19.8. The van der Waals surface area contributed by atoms with Crippen molar-refractivity contribution in [2.45, 2.75) is 38.8 Å². The Hall–Kier alpha value is -3.90. The first kappa shape index (κ1) is 22.6. The van der Waals surface area contributed by atoms with E-state index in [2.05, 4.69) is 35.6 Å². The largest absolute Gasteiger partial charge is 0.480 e. The molecule has 0 aromatic carbocycles. The van der Waals surface area contributed by atoms with Crippen LogP contribution >= 0.6 is 0 Å². The van der Waals surface area contributed by atoms with Gasteiger partial charge in [0.15, 0.2) is 5.65 Å². The summed E-state index contributed by atoms with van der Waals surface area (Å²) in [6.07, 6.45) is 1.09. The molecule has 0 spiro atoms. The van der Waals surface area contributed by atoms with Gasteiger partial charge in [-0.15, -0.1) is 5.10 Å². The Morgan fingerprint density at radius 2 is 2.00 bits per heavy atom. The Morgan fingerprint density at radius 1 is 1.22 bits per heavy atom. The third kappa shape index (κ3) is 3.88. The summed E-state index contributed by atoms with van der Waals surface area (Å²) in [5, 5.41) is 11.8. The van der Waals surface area contributed by atoms with Crippen molar-refractivity contribution in [3.63, 3.8) is 0 Å². The maximum absolute atomic E-state index is 12.9. The Kier molecular flexibility index (Phi) is 5.41. The fourth-order valence-corrected chi connectivity index (χ4v) is 5.53. The van der Waals surface area contributed by atoms with E-state index >= 15 is 0 Å². The quantitative estimate of drug-likeness (QED) is 0.416. The zero-order valence-corrected chi connectivity index (χ0v) is 19.8. The first-order valence-corrected chi connectivity index (χ1v) is 11.8. The lowest BCUT2D eigenvalue weighted by Crippen LogP contribution is -2.29. The number of carbonyl (C=O) groups is 1. The SMILES string of the molecule is COc1nc(NC2C[C@@H]3CN(C(C)=O)C[C@@H]3C2)nc2[nH]cc(-c3ccc4nnn(CC(F)F)c4n3)c12. The van der Waals surface area contributed by atoms with E-state index in [0.717, 1.165) is 30.6 Å². The second kappa shape index (κ2) is 8.64. The van der Waals surface area contributed by atoms with Crippen LogP contribution in [0.3, 0.4) is 0 Å². The number of nitrogens with zero attached hydrogens (tertiary/aromatic N) is 7. The third-order valence-corrected chi connectivity index (χ3v) is 7.17. The van der Waals surface area contributed by atoms with Crippen LogP contribution in [0.25, 0.3) is 33.5 Å². The molecule has 4 aromatic heterocycles. The number of hydrogen-bond donors (Lipinski definition) is 2. The molecular formula is C23H25F2N9O2. The number of likely N-dealkylation sites (tertiary alicyclic amines) is 1. The van der Waals surface area contributed by atoms with Gasteiger partial charge in [0.25, 0.3) is 6.43 Å². The molecule has 5 heterocycles. The van der Waals surface area contributed by atoms with Crippen molar-refractivity contribution >= 4 is 34.1 Å². The predicted octanol–water partition coefficient (Wildman–Crippen LogP) is 2.71. The first-order chi connectivity index (χ1) is 17.4. The lowest BCUT2D eigenvalue weighted by Gasteiger charge is -2.18. The van der Waals surface area contributed by atoms with Crippen molar-refractivity contribution < 1.29 is 18.3 Å². The summed E-state index contributed by atoms with van der Waals surface area (Å²) >= 11 is 0. The van der Waals surface area contributed by atoms with Crippen LogP contribution in [0.5, 0.6) is 5.88 Å². The molecule has 1 saturated heterocycles. The minimum Gasteiger partial charge on any atom is -0.480 e. The van der Waals surface area contributed by atoms with Gasteiger partial charge in [-0.3, -0.25) is 4.79 Å². The number of amides is 1. The number of aromatic amines is 1. The van der Waals surface area contributed by atoms with Crippen LogP contribution in [0.2, 0.25) is 0 Å². The van der Waals surface area contributed by atoms with Crippen molar-refractivity contribution in [3.8, 4) is 17.1 Å². The molecule has 0 bridgehead atoms. The average molecular weight is 498 g/mol. The molecule has 2 N–H and O–H groups in total. The second-order valence-electron chi connectivity index (χ2n) is 9.44. The number of rotatable bonds is 6. The molecule has 1 amide bonds. The number of carbonyl (C=O) groups excluding carboxylic acids is 1. The molecule has 2 fully saturated rings. The molecule has 1 unspecified atom stereocenters. The Balaban J connectivity index is 1.28. The summed E-state index contributed by atoms with van der Waals surface area (Å²) in [5.74, 6) is 1.95. The number of pyridine rings is 1. The number of anilines is 1. The maximum Gasteiger partial charge on any atom is 0.258 e. The summed E-state index contributed by atoms with van der Waals surface area (Å²) in [4.78, 5) is 30.6. The van der Waals surface area contributed by atoms with Crippen LogP contribution in [0, 0.1) is 11.8 Å². The molecular weight excluding hydrogens is 472 g/mol. The molecule has 6 rings (SSSR count). The van der Waals surface area contributed by atoms with Crippen LogP contribution in [-0.2, 0) is 11.3 Å². The second-order valence-corrected chi connectivity index (χ2v) is 9.44. The van der Waals surface area contributed by atoms with Crippen LogP contribution in [-0.4, -0.2) is 78.4 Å². The van der Waals surface area contributed by atoms with E-state index in [1.165, 1.54) is 7.11 Å². The van der Waals surface area contributed by atoms with Crippen molar-refractivity contribution in [1.29, 1.82) is 0 Å². The summed E-state index contributed by atoms with van der Waals surface area (Å²) in [7, 11) is 1.54. The van der Waals surface area contributed by atoms with Crippen LogP contribution in [0.15, 0.2) is 18.3 Å². The molecule has 11 nitrogen and oxygen atoms in total. The molecule has 2 aliphatic rings. The van der Waals surface area contributed by atoms with Gasteiger partial charge in [-0.25, -0.2) is 18.4 Å². The van der Waals surface area contributed by atoms with Crippen molar-refractivity contribution in [3.05, 3.63) is 18.3 Å². The lowest BCUT2D eigenvalue weighted by atomic mass is 10.0. The summed E-state index contributed by atoms with van der Waals surface area (Å²) in [6, 6.07) is 3.66. The Bertz CT molecular complexity index is 1440. The minimum atomic E-state index is -2.57. The van der Waals surface area contributed by atoms with Crippen molar-refractivity contribution in [1.82, 2.24) is 39.8 Å². The Labute approximate surface area is 204 Å². The number of H-pyrrole nitrogens is 1. The fraction of sp³-hybridized carbons (Fsp3) is 0.478. The van der Waals surface area contributed by atoms with Gasteiger partial charge in [0.05, 0.1) is 18.2 Å². The van der Waals surface area contributed by atoms with Gasteiger partial charge in [0.1, 0.15) is 17.7 Å². The highest BCUT2D eigenvalue weighted by Crippen LogP contribution is 2.40. The summed E-state index contributed by atoms with van der Waals surface area (Å²) in [6.45, 7) is 2.66. The molecule has 13 heteroatoms. The monoisotopic (exact) mass is 497 g/mol. The lowest BCUT2D eigenvalue weighted by molar-refractivity contribution is -0.128. The molecule has 3 atom stereocenters. The highest BCUT2D eigenvalue weighted by atomic mass is 19.3. The summed E-state index contributed by atoms with van der Waals surface area (Å²) < 4.78 is 32.6. The molecule has 0 radical (unpaired) electrons. The van der Waals surface area contributed by atoms with Crippen LogP contribution in [0.1, 0.15) is 19.8 Å². The van der Waals surface area contributed by atoms with Gasteiger partial charge in [0.2, 0.25) is 17.7 Å². The van der Waals surface area contributed by atoms with E-state index < -0.39 is 13.0 Å². The van der Waals surface area contributed by atoms with E-state index in [-0.39, 0.29) is 17.6 Å². The minimum absolute atomic E-state index is 0.137. The molecule has 36 heavy (non-hydrogen) atoms. The van der Waals surface area contributed by atoms with Gasteiger partial charge in [-0.1, -0.05) is 5.21 Å². The molecule has 1 aliphatic carbocycles. The number of hydrogen-bond acceptors (Lipinski definition) is 8. The standard InChI is InChI=1S/C23H25F2N9O2/c1-11(35)33-8-12-5-14(6-13(12)9-33)27-23-29-20-19(22(30-23)36-2)15(7-26-20)16-3-4-17-21(28-16)34(32-31-17)10-18(24)25/h3-4,7,12-14,18H,5-6,8-10H2,1-2H3,(H2,26,27,29,30)/t12-,13+,14?. The van der Waals surface area contributed by atoms with Gasteiger partial charge in [-0.2, -0.15) is 9.97 Å². The fourth-order valence-electron chi connectivity index (χ4n) is 5.53. The molecule has 1 saturated carbocycles.